The number of carboxylic acid groups (broad SMARTS) is 1. The Kier molecular flexibility index (Phi) is 6.93. The minimum Gasteiger partial charge on any atom is -0.480 e. The lowest BCUT2D eigenvalue weighted by Gasteiger charge is -2.21. The summed E-state index contributed by atoms with van der Waals surface area (Å²) >= 11 is 0. The molecule has 174 valence electrons. The third kappa shape index (κ3) is 5.34. The van der Waals surface area contributed by atoms with Gasteiger partial charge in [0.1, 0.15) is 18.7 Å². The van der Waals surface area contributed by atoms with Crippen LogP contribution in [0.15, 0.2) is 48.5 Å². The van der Waals surface area contributed by atoms with Crippen molar-refractivity contribution in [2.24, 2.45) is 5.92 Å². The zero-order valence-electron chi connectivity index (χ0n) is 18.2. The van der Waals surface area contributed by atoms with Crippen LogP contribution in [0, 0.1) is 5.92 Å². The first-order valence-corrected chi connectivity index (χ1v) is 11.2. The minimum absolute atomic E-state index is 0.0974. The van der Waals surface area contributed by atoms with E-state index in [-0.39, 0.29) is 25.6 Å². The van der Waals surface area contributed by atoms with Crippen LogP contribution < -0.4 is 10.6 Å². The number of ether oxygens (including phenoxy) is 1. The topological polar surface area (TPSA) is 125 Å². The number of aliphatic carboxylic acids is 1. The van der Waals surface area contributed by atoms with Crippen LogP contribution in [0.4, 0.5) is 4.79 Å². The molecule has 2 aromatic carbocycles. The molecule has 4 N–H and O–H groups in total. The summed E-state index contributed by atoms with van der Waals surface area (Å²) < 4.78 is 5.54. The molecule has 8 heteroatoms. The Morgan fingerprint density at radius 1 is 0.939 bits per heavy atom. The van der Waals surface area contributed by atoms with Crippen molar-refractivity contribution in [3.63, 3.8) is 0 Å². The van der Waals surface area contributed by atoms with Gasteiger partial charge in [-0.05, 0) is 34.6 Å². The van der Waals surface area contributed by atoms with Crippen molar-refractivity contribution in [2.45, 2.75) is 43.7 Å². The van der Waals surface area contributed by atoms with Gasteiger partial charge >= 0.3 is 12.1 Å². The molecule has 0 saturated heterocycles. The van der Waals surface area contributed by atoms with Crippen molar-refractivity contribution in [3.05, 3.63) is 59.7 Å². The molecule has 4 rings (SSSR count). The minimum atomic E-state index is -1.23. The maximum Gasteiger partial charge on any atom is 0.407 e. The van der Waals surface area contributed by atoms with Gasteiger partial charge in [0.05, 0.1) is 0 Å². The summed E-state index contributed by atoms with van der Waals surface area (Å²) in [5, 5.41) is 23.3. The molecule has 0 aliphatic heterocycles. The third-order valence-corrected chi connectivity index (χ3v) is 6.25. The monoisotopic (exact) mass is 452 g/mol. The summed E-state index contributed by atoms with van der Waals surface area (Å²) in [5.74, 6) is -1.60. The Bertz CT molecular complexity index is 990. The number of hydrogen-bond donors (Lipinski definition) is 4. The summed E-state index contributed by atoms with van der Waals surface area (Å²) in [5.41, 5.74) is 4.42. The van der Waals surface area contributed by atoms with Crippen LogP contribution in [-0.4, -0.2) is 53.5 Å². The molecule has 0 radical (unpaired) electrons. The van der Waals surface area contributed by atoms with E-state index in [1.165, 1.54) is 0 Å². The first-order valence-electron chi connectivity index (χ1n) is 11.2. The van der Waals surface area contributed by atoms with Crippen molar-refractivity contribution in [1.29, 1.82) is 0 Å². The SMILES string of the molecule is O=C(NC(CC1CC1)C(=O)N[C@H](CCO)C(=O)O)OCC1c2ccccc2-c2ccccc21. The van der Waals surface area contributed by atoms with Crippen LogP contribution in [-0.2, 0) is 14.3 Å². The largest absolute Gasteiger partial charge is 0.480 e. The number of fused-ring (bicyclic) bond motifs is 3. The average molecular weight is 453 g/mol. The molecular weight excluding hydrogens is 424 g/mol. The molecule has 1 fully saturated rings. The van der Waals surface area contributed by atoms with E-state index in [0.29, 0.717) is 12.3 Å². The number of aliphatic hydroxyl groups is 1. The summed E-state index contributed by atoms with van der Waals surface area (Å²) in [6.45, 7) is -0.246. The smallest absolute Gasteiger partial charge is 0.407 e. The molecule has 0 heterocycles. The Morgan fingerprint density at radius 3 is 2.09 bits per heavy atom. The van der Waals surface area contributed by atoms with E-state index in [0.717, 1.165) is 35.1 Å². The highest BCUT2D eigenvalue weighted by Crippen LogP contribution is 2.44. The number of amides is 2. The van der Waals surface area contributed by atoms with Crippen LogP contribution in [0.2, 0.25) is 0 Å². The fourth-order valence-corrected chi connectivity index (χ4v) is 4.36. The molecule has 0 spiro atoms. The predicted molar refractivity (Wildman–Crippen MR) is 121 cm³/mol. The third-order valence-electron chi connectivity index (χ3n) is 6.25. The fourth-order valence-electron chi connectivity index (χ4n) is 4.36. The Balaban J connectivity index is 1.40. The molecule has 0 aromatic heterocycles. The normalized spacial score (nSPS) is 16.3. The van der Waals surface area contributed by atoms with Crippen LogP contribution in [0.3, 0.4) is 0 Å². The van der Waals surface area contributed by atoms with E-state index < -0.39 is 30.1 Å². The van der Waals surface area contributed by atoms with E-state index >= 15 is 0 Å². The molecule has 1 unspecified atom stereocenters. The molecule has 2 atom stereocenters. The predicted octanol–water partition coefficient (Wildman–Crippen LogP) is 2.65. The molecule has 2 aliphatic rings. The molecule has 1 saturated carbocycles. The van der Waals surface area contributed by atoms with Gasteiger partial charge in [0.15, 0.2) is 0 Å². The fraction of sp³-hybridized carbons (Fsp3) is 0.400. The summed E-state index contributed by atoms with van der Waals surface area (Å²) in [4.78, 5) is 36.6. The second-order valence-corrected chi connectivity index (χ2v) is 8.61. The standard InChI is InChI=1S/C25H28N2O6/c28-12-11-21(24(30)31)26-23(29)22(13-15-9-10-15)27-25(32)33-14-20-18-7-3-1-5-16(18)17-6-2-4-8-19(17)20/h1-8,15,20-22,28H,9-14H2,(H,26,29)(H,27,32)(H,30,31)/t21-,22?/m1/s1. The molecule has 33 heavy (non-hydrogen) atoms. The van der Waals surface area contributed by atoms with Gasteiger partial charge in [-0.3, -0.25) is 4.79 Å². The van der Waals surface area contributed by atoms with Gasteiger partial charge in [0.2, 0.25) is 5.91 Å². The molecular formula is C25H28N2O6. The number of aliphatic hydroxyl groups excluding tert-OH is 1. The van der Waals surface area contributed by atoms with Crippen LogP contribution in [0.1, 0.15) is 42.7 Å². The Labute approximate surface area is 192 Å². The molecule has 2 amide bonds. The number of benzene rings is 2. The zero-order valence-corrected chi connectivity index (χ0v) is 18.2. The summed E-state index contributed by atoms with van der Waals surface area (Å²) in [7, 11) is 0. The van der Waals surface area contributed by atoms with Gasteiger partial charge in [-0.1, -0.05) is 61.4 Å². The van der Waals surface area contributed by atoms with Crippen molar-refractivity contribution < 1.29 is 29.3 Å². The number of carbonyl (C=O) groups excluding carboxylic acids is 2. The molecule has 0 bridgehead atoms. The Morgan fingerprint density at radius 2 is 1.55 bits per heavy atom. The van der Waals surface area contributed by atoms with Gasteiger partial charge in [-0.2, -0.15) is 0 Å². The second kappa shape index (κ2) is 10.0. The number of hydrogen-bond acceptors (Lipinski definition) is 5. The molecule has 2 aromatic rings. The van der Waals surface area contributed by atoms with Crippen molar-refractivity contribution >= 4 is 18.0 Å². The molecule has 2 aliphatic carbocycles. The first-order chi connectivity index (χ1) is 16.0. The maximum atomic E-state index is 12.7. The molecule has 8 nitrogen and oxygen atoms in total. The van der Waals surface area contributed by atoms with E-state index in [1.807, 2.05) is 36.4 Å². The number of carboxylic acids is 1. The number of rotatable bonds is 10. The Hall–Kier alpha value is -3.39. The first kappa shape index (κ1) is 22.8. The lowest BCUT2D eigenvalue weighted by atomic mass is 9.98. The van der Waals surface area contributed by atoms with Gasteiger partial charge in [0.25, 0.3) is 0 Å². The highest BCUT2D eigenvalue weighted by Gasteiger charge is 2.33. The number of carbonyl (C=O) groups is 3. The van der Waals surface area contributed by atoms with Crippen molar-refractivity contribution in [2.75, 3.05) is 13.2 Å². The second-order valence-electron chi connectivity index (χ2n) is 8.61. The summed E-state index contributed by atoms with van der Waals surface area (Å²) in [6.07, 6.45) is 1.53. The summed E-state index contributed by atoms with van der Waals surface area (Å²) in [6, 6.07) is 13.9. The number of alkyl carbamates (subject to hydrolysis) is 1. The lowest BCUT2D eigenvalue weighted by molar-refractivity contribution is -0.142. The highest BCUT2D eigenvalue weighted by atomic mass is 16.5. The van der Waals surface area contributed by atoms with Gasteiger partial charge in [0, 0.05) is 18.9 Å². The van der Waals surface area contributed by atoms with Gasteiger partial charge < -0.3 is 25.6 Å². The van der Waals surface area contributed by atoms with Crippen LogP contribution >= 0.6 is 0 Å². The van der Waals surface area contributed by atoms with E-state index in [2.05, 4.69) is 22.8 Å². The zero-order chi connectivity index (χ0) is 23.4. The van der Waals surface area contributed by atoms with Gasteiger partial charge in [-0.25, -0.2) is 9.59 Å². The van der Waals surface area contributed by atoms with Crippen LogP contribution in [0.25, 0.3) is 11.1 Å². The van der Waals surface area contributed by atoms with Crippen LogP contribution in [0.5, 0.6) is 0 Å². The van der Waals surface area contributed by atoms with E-state index in [1.54, 1.807) is 0 Å². The lowest BCUT2D eigenvalue weighted by Crippen LogP contribution is -2.52. The van der Waals surface area contributed by atoms with E-state index in [4.69, 9.17) is 9.84 Å². The van der Waals surface area contributed by atoms with Crippen molar-refractivity contribution in [1.82, 2.24) is 10.6 Å². The quantitative estimate of drug-likeness (QED) is 0.439. The van der Waals surface area contributed by atoms with E-state index in [9.17, 15) is 19.5 Å². The highest BCUT2D eigenvalue weighted by molar-refractivity contribution is 5.89. The average Bonchev–Trinajstić information content (AvgIpc) is 3.57. The van der Waals surface area contributed by atoms with Crippen molar-refractivity contribution in [3.8, 4) is 11.1 Å². The number of nitrogens with one attached hydrogen (secondary N) is 2. The maximum absolute atomic E-state index is 12.7. The van der Waals surface area contributed by atoms with Gasteiger partial charge in [-0.15, -0.1) is 0 Å².